The number of methoxy groups -OCH3 is 2. The first-order valence-electron chi connectivity index (χ1n) is 7.72. The molecule has 0 aromatic heterocycles. The molecule has 0 N–H and O–H groups in total. The second-order valence-electron chi connectivity index (χ2n) is 5.81. The molecule has 0 radical (unpaired) electrons. The second-order valence-corrected chi connectivity index (χ2v) is 7.22. The predicted molar refractivity (Wildman–Crippen MR) is 89.8 cm³/mol. The number of amides is 1. The monoisotopic (exact) mass is 323 g/mol. The van der Waals surface area contributed by atoms with E-state index in [-0.39, 0.29) is 11.2 Å². The zero-order valence-corrected chi connectivity index (χ0v) is 14.6. The van der Waals surface area contributed by atoms with Crippen molar-refractivity contribution in [2.45, 2.75) is 36.8 Å². The molecule has 0 aliphatic carbocycles. The molecule has 0 spiro atoms. The number of ether oxygens (including phenoxy) is 2. The highest BCUT2D eigenvalue weighted by Crippen LogP contribution is 2.34. The van der Waals surface area contributed by atoms with E-state index in [1.807, 2.05) is 30.0 Å². The minimum absolute atomic E-state index is 0.0941. The van der Waals surface area contributed by atoms with Crippen molar-refractivity contribution in [1.29, 1.82) is 0 Å². The Hall–Kier alpha value is -1.36. The molecule has 0 bridgehead atoms. The van der Waals surface area contributed by atoms with Crippen molar-refractivity contribution in [2.75, 3.05) is 27.3 Å². The van der Waals surface area contributed by atoms with Gasteiger partial charge in [0.2, 0.25) is 5.91 Å². The van der Waals surface area contributed by atoms with Crippen LogP contribution in [0.4, 0.5) is 0 Å². The number of hydrogen-bond donors (Lipinski definition) is 0. The lowest BCUT2D eigenvalue weighted by Crippen LogP contribution is -2.42. The highest BCUT2D eigenvalue weighted by atomic mass is 32.2. The van der Waals surface area contributed by atoms with Gasteiger partial charge in [-0.05, 0) is 43.9 Å². The number of carbonyl (C=O) groups excluding carboxylic acids is 1. The zero-order chi connectivity index (χ0) is 16.1. The Morgan fingerprint density at radius 2 is 2.05 bits per heavy atom. The Balaban J connectivity index is 2.01. The quantitative estimate of drug-likeness (QED) is 0.778. The molecule has 5 heteroatoms. The zero-order valence-electron chi connectivity index (χ0n) is 13.8. The molecule has 1 aliphatic rings. The maximum Gasteiger partial charge on any atom is 0.235 e. The van der Waals surface area contributed by atoms with Crippen LogP contribution in [0.1, 0.15) is 26.7 Å². The summed E-state index contributed by atoms with van der Waals surface area (Å²) < 4.78 is 10.6. The maximum atomic E-state index is 12.6. The number of rotatable bonds is 5. The van der Waals surface area contributed by atoms with Crippen molar-refractivity contribution in [2.24, 2.45) is 5.92 Å². The Morgan fingerprint density at radius 1 is 1.32 bits per heavy atom. The maximum absolute atomic E-state index is 12.6. The molecule has 1 aromatic rings. The van der Waals surface area contributed by atoms with Crippen LogP contribution in [-0.4, -0.2) is 43.4 Å². The average molecular weight is 323 g/mol. The van der Waals surface area contributed by atoms with E-state index >= 15 is 0 Å². The lowest BCUT2D eigenvalue weighted by atomic mass is 10.0. The third-order valence-electron chi connectivity index (χ3n) is 3.98. The summed E-state index contributed by atoms with van der Waals surface area (Å²) in [6, 6.07) is 5.77. The molecule has 1 aliphatic heterocycles. The molecule has 2 atom stereocenters. The molecule has 1 fully saturated rings. The molecular weight excluding hydrogens is 298 g/mol. The van der Waals surface area contributed by atoms with E-state index in [4.69, 9.17) is 9.47 Å². The molecule has 1 heterocycles. The van der Waals surface area contributed by atoms with Gasteiger partial charge < -0.3 is 14.4 Å². The van der Waals surface area contributed by atoms with Gasteiger partial charge in [-0.1, -0.05) is 6.92 Å². The Bertz CT molecular complexity index is 521. The molecule has 1 aromatic carbocycles. The first kappa shape index (κ1) is 17.0. The standard InChI is InChI=1S/C17H25NO3S/c1-12-6-5-9-18(11-12)17(19)13(2)22-14-7-8-15(20-3)16(10-14)21-4/h7-8,10,12-13H,5-6,9,11H2,1-4H3/t12-,13-/m1/s1. The summed E-state index contributed by atoms with van der Waals surface area (Å²) >= 11 is 1.57. The normalized spacial score (nSPS) is 19.6. The van der Waals surface area contributed by atoms with Gasteiger partial charge in [0.1, 0.15) is 0 Å². The van der Waals surface area contributed by atoms with Crippen LogP contribution in [0, 0.1) is 5.92 Å². The molecule has 122 valence electrons. The Labute approximate surface area is 137 Å². The van der Waals surface area contributed by atoms with Crippen molar-refractivity contribution in [3.05, 3.63) is 18.2 Å². The minimum Gasteiger partial charge on any atom is -0.493 e. The van der Waals surface area contributed by atoms with E-state index in [0.29, 0.717) is 17.4 Å². The Morgan fingerprint density at radius 3 is 2.68 bits per heavy atom. The lowest BCUT2D eigenvalue weighted by Gasteiger charge is -2.32. The van der Waals surface area contributed by atoms with E-state index in [2.05, 4.69) is 6.92 Å². The van der Waals surface area contributed by atoms with Crippen LogP contribution in [0.3, 0.4) is 0 Å². The van der Waals surface area contributed by atoms with Gasteiger partial charge in [0, 0.05) is 18.0 Å². The summed E-state index contributed by atoms with van der Waals surface area (Å²) in [6.07, 6.45) is 2.33. The van der Waals surface area contributed by atoms with Gasteiger partial charge in [-0.3, -0.25) is 4.79 Å². The fourth-order valence-electron chi connectivity index (χ4n) is 2.79. The van der Waals surface area contributed by atoms with Crippen LogP contribution in [-0.2, 0) is 4.79 Å². The summed E-state index contributed by atoms with van der Waals surface area (Å²) in [5.41, 5.74) is 0. The number of nitrogens with zero attached hydrogens (tertiary/aromatic N) is 1. The van der Waals surface area contributed by atoms with Gasteiger partial charge in [0.05, 0.1) is 19.5 Å². The molecule has 0 saturated carbocycles. The molecule has 22 heavy (non-hydrogen) atoms. The minimum atomic E-state index is -0.0941. The number of likely N-dealkylation sites (tertiary alicyclic amines) is 1. The summed E-state index contributed by atoms with van der Waals surface area (Å²) in [5, 5.41) is -0.0941. The summed E-state index contributed by atoms with van der Waals surface area (Å²) in [5.74, 6) is 2.23. The lowest BCUT2D eigenvalue weighted by molar-refractivity contribution is -0.131. The van der Waals surface area contributed by atoms with Crippen LogP contribution in [0.25, 0.3) is 0 Å². The summed E-state index contributed by atoms with van der Waals surface area (Å²) in [7, 11) is 3.24. The fourth-order valence-corrected chi connectivity index (χ4v) is 3.77. The summed E-state index contributed by atoms with van der Waals surface area (Å²) in [6.45, 7) is 5.96. The average Bonchev–Trinajstić information content (AvgIpc) is 2.53. The van der Waals surface area contributed by atoms with Gasteiger partial charge in [-0.25, -0.2) is 0 Å². The van der Waals surface area contributed by atoms with E-state index in [9.17, 15) is 4.79 Å². The number of carbonyl (C=O) groups is 1. The summed E-state index contributed by atoms with van der Waals surface area (Å²) in [4.78, 5) is 15.6. The van der Waals surface area contributed by atoms with Gasteiger partial charge in [0.25, 0.3) is 0 Å². The van der Waals surface area contributed by atoms with Crippen LogP contribution < -0.4 is 9.47 Å². The second kappa shape index (κ2) is 7.77. The van der Waals surface area contributed by atoms with Crippen LogP contribution in [0.15, 0.2) is 23.1 Å². The smallest absolute Gasteiger partial charge is 0.235 e. The SMILES string of the molecule is COc1ccc(S[C@H](C)C(=O)N2CCC[C@@H](C)C2)cc1OC. The van der Waals surface area contributed by atoms with Crippen molar-refractivity contribution >= 4 is 17.7 Å². The number of thioether (sulfide) groups is 1. The van der Waals surface area contributed by atoms with E-state index in [1.165, 1.54) is 6.42 Å². The van der Waals surface area contributed by atoms with E-state index in [0.717, 1.165) is 24.4 Å². The molecule has 1 amide bonds. The van der Waals surface area contributed by atoms with Crippen molar-refractivity contribution in [1.82, 2.24) is 4.90 Å². The van der Waals surface area contributed by atoms with E-state index in [1.54, 1.807) is 26.0 Å². The van der Waals surface area contributed by atoms with Gasteiger partial charge in [0.15, 0.2) is 11.5 Å². The molecule has 4 nitrogen and oxygen atoms in total. The predicted octanol–water partition coefficient (Wildman–Crippen LogP) is 3.44. The number of piperidine rings is 1. The fraction of sp³-hybridized carbons (Fsp3) is 0.588. The third-order valence-corrected chi connectivity index (χ3v) is 5.07. The Kier molecular flexibility index (Phi) is 6.00. The van der Waals surface area contributed by atoms with Crippen molar-refractivity contribution in [3.8, 4) is 11.5 Å². The number of hydrogen-bond acceptors (Lipinski definition) is 4. The van der Waals surface area contributed by atoms with Gasteiger partial charge in [-0.2, -0.15) is 0 Å². The molecular formula is C17H25NO3S. The van der Waals surface area contributed by atoms with Crippen LogP contribution in [0.2, 0.25) is 0 Å². The van der Waals surface area contributed by atoms with E-state index < -0.39 is 0 Å². The third kappa shape index (κ3) is 4.09. The molecule has 1 saturated heterocycles. The molecule has 2 rings (SSSR count). The number of benzene rings is 1. The van der Waals surface area contributed by atoms with Gasteiger partial charge >= 0.3 is 0 Å². The first-order chi connectivity index (χ1) is 10.5. The van der Waals surface area contributed by atoms with Crippen LogP contribution in [0.5, 0.6) is 11.5 Å². The highest BCUT2D eigenvalue weighted by Gasteiger charge is 2.25. The first-order valence-corrected chi connectivity index (χ1v) is 8.60. The van der Waals surface area contributed by atoms with Crippen molar-refractivity contribution < 1.29 is 14.3 Å². The largest absolute Gasteiger partial charge is 0.493 e. The topological polar surface area (TPSA) is 38.8 Å². The molecule has 0 unspecified atom stereocenters. The van der Waals surface area contributed by atoms with Crippen molar-refractivity contribution in [3.63, 3.8) is 0 Å². The van der Waals surface area contributed by atoms with Crippen LogP contribution >= 0.6 is 11.8 Å². The van der Waals surface area contributed by atoms with Gasteiger partial charge in [-0.15, -0.1) is 11.8 Å². The highest BCUT2D eigenvalue weighted by molar-refractivity contribution is 8.00.